The van der Waals surface area contributed by atoms with Gasteiger partial charge in [0.1, 0.15) is 32.5 Å². The molecule has 0 amide bonds. The zero-order valence-corrected chi connectivity index (χ0v) is 24.2. The predicted octanol–water partition coefficient (Wildman–Crippen LogP) is 3.88. The summed E-state index contributed by atoms with van der Waals surface area (Å²) >= 11 is 9.24. The first-order chi connectivity index (χ1) is 17.1. The monoisotopic (exact) mass is 651 g/mol. The Morgan fingerprint density at radius 1 is 0.750 bits per heavy atom. The Hall–Kier alpha value is -2.06. The molecule has 2 unspecified atom stereocenters. The van der Waals surface area contributed by atoms with Crippen LogP contribution in [0, 0.1) is 13.8 Å². The minimum atomic E-state index is -0.255. The molecular weight excluding hydrogens is 634 g/mol. The van der Waals surface area contributed by atoms with E-state index in [2.05, 4.69) is 46.7 Å². The van der Waals surface area contributed by atoms with Crippen LogP contribution in [0.4, 0.5) is 0 Å². The first-order valence-corrected chi connectivity index (χ1v) is 14.5. The van der Waals surface area contributed by atoms with Crippen LogP contribution in [0.3, 0.4) is 0 Å². The fraction of sp³-hybridized carbons (Fsp3) is 0.391. The molecule has 186 valence electrons. The van der Waals surface area contributed by atoms with E-state index in [1.54, 1.807) is 13.8 Å². The number of halogens is 2. The number of thiazole rings is 2. The number of likely N-dealkylation sites (tertiary alicyclic amines) is 2. The van der Waals surface area contributed by atoms with Gasteiger partial charge in [-0.1, -0.05) is 0 Å². The van der Waals surface area contributed by atoms with Gasteiger partial charge in [0.05, 0.1) is 31.3 Å². The van der Waals surface area contributed by atoms with Gasteiger partial charge >= 0.3 is 0 Å². The third kappa shape index (κ3) is 3.32. The fourth-order valence-corrected chi connectivity index (χ4v) is 8.33. The van der Waals surface area contributed by atoms with Crippen LogP contribution in [0.25, 0.3) is 0 Å². The highest BCUT2D eigenvalue weighted by molar-refractivity contribution is 9.12. The van der Waals surface area contributed by atoms with E-state index >= 15 is 0 Å². The number of fused-ring (bicyclic) bond motifs is 2. The lowest BCUT2D eigenvalue weighted by molar-refractivity contribution is -0.0904. The first kappa shape index (κ1) is 24.3. The third-order valence-corrected chi connectivity index (χ3v) is 10.5. The van der Waals surface area contributed by atoms with Crippen molar-refractivity contribution in [3.63, 3.8) is 0 Å². The minimum Gasteiger partial charge on any atom is -0.351 e. The van der Waals surface area contributed by atoms with Crippen LogP contribution in [-0.2, 0) is 0 Å². The number of carbonyl (C=O) groups excluding carboxylic acids is 4. The fourth-order valence-electron chi connectivity index (χ4n) is 5.14. The molecule has 9 nitrogen and oxygen atoms in total. The molecule has 6 rings (SSSR count). The average Bonchev–Trinajstić information content (AvgIpc) is 3.37. The van der Waals surface area contributed by atoms with Crippen molar-refractivity contribution < 1.29 is 19.2 Å². The summed E-state index contributed by atoms with van der Waals surface area (Å²) in [4.78, 5) is 67.9. The summed E-state index contributed by atoms with van der Waals surface area (Å²) in [7, 11) is 1.94. The number of aromatic nitrogens is 2. The minimum absolute atomic E-state index is 0.149. The van der Waals surface area contributed by atoms with Crippen molar-refractivity contribution in [2.24, 2.45) is 0 Å². The summed E-state index contributed by atoms with van der Waals surface area (Å²) in [5.74, 6) is -0.958. The van der Waals surface area contributed by atoms with Gasteiger partial charge in [-0.3, -0.25) is 24.1 Å². The molecule has 0 bridgehead atoms. The van der Waals surface area contributed by atoms with E-state index in [9.17, 15) is 19.2 Å². The van der Waals surface area contributed by atoms with Crippen LogP contribution in [-0.4, -0.2) is 80.3 Å². The van der Waals surface area contributed by atoms with E-state index in [1.165, 1.54) is 22.7 Å². The molecule has 4 aliphatic rings. The molecule has 2 aliphatic carbocycles. The molecule has 2 fully saturated rings. The molecule has 36 heavy (non-hydrogen) atoms. The number of Topliss-reactive ketones (excluding diaryl/α,β-unsaturated/α-hetero) is 4. The molecule has 4 heterocycles. The lowest BCUT2D eigenvalue weighted by Gasteiger charge is -2.56. The van der Waals surface area contributed by atoms with E-state index in [-0.39, 0.29) is 55.8 Å². The molecule has 0 aromatic carbocycles. The van der Waals surface area contributed by atoms with E-state index < -0.39 is 0 Å². The topological polar surface area (TPSA) is 104 Å². The van der Waals surface area contributed by atoms with Crippen LogP contribution in [0.5, 0.6) is 0 Å². The average molecular weight is 653 g/mol. The molecule has 2 aromatic rings. The molecule has 0 radical (unpaired) electrons. The van der Waals surface area contributed by atoms with E-state index in [1.807, 2.05) is 16.8 Å². The number of ketones is 4. The van der Waals surface area contributed by atoms with E-state index in [0.29, 0.717) is 44.3 Å². The number of hydrogen-bond donors (Lipinski definition) is 0. The summed E-state index contributed by atoms with van der Waals surface area (Å²) in [5, 5.41) is 1.35. The lowest BCUT2D eigenvalue weighted by Crippen LogP contribution is -2.66. The molecule has 0 N–H and O–H groups in total. The maximum atomic E-state index is 13.3. The molecule has 2 saturated heterocycles. The van der Waals surface area contributed by atoms with Crippen molar-refractivity contribution in [2.75, 3.05) is 20.1 Å². The van der Waals surface area contributed by atoms with Crippen LogP contribution >= 0.6 is 54.5 Å². The Labute approximate surface area is 231 Å². The second kappa shape index (κ2) is 8.48. The van der Waals surface area contributed by atoms with Crippen molar-refractivity contribution >= 4 is 77.7 Å². The zero-order chi connectivity index (χ0) is 25.6. The first-order valence-electron chi connectivity index (χ1n) is 11.3. The normalized spacial score (nSPS) is 23.9. The van der Waals surface area contributed by atoms with Crippen LogP contribution in [0.1, 0.15) is 63.2 Å². The Kier molecular flexibility index (Phi) is 5.72. The maximum absolute atomic E-state index is 13.3. The van der Waals surface area contributed by atoms with Crippen molar-refractivity contribution in [2.45, 2.75) is 39.0 Å². The van der Waals surface area contributed by atoms with Gasteiger partial charge in [-0.25, -0.2) is 9.97 Å². The third-order valence-electron chi connectivity index (χ3n) is 7.05. The van der Waals surface area contributed by atoms with Gasteiger partial charge in [0, 0.05) is 13.1 Å². The number of allylic oxidation sites excluding steroid dienone is 4. The van der Waals surface area contributed by atoms with E-state index in [4.69, 9.17) is 0 Å². The second-order valence-corrected chi connectivity index (χ2v) is 13.0. The molecular formula is C23H19Br2N5O4S2. The van der Waals surface area contributed by atoms with Crippen LogP contribution < -0.4 is 0 Å². The Morgan fingerprint density at radius 3 is 1.47 bits per heavy atom. The number of hydrogen-bond acceptors (Lipinski definition) is 11. The largest absolute Gasteiger partial charge is 0.351 e. The molecule has 0 spiro atoms. The summed E-state index contributed by atoms with van der Waals surface area (Å²) < 4.78 is 0.523. The van der Waals surface area contributed by atoms with Gasteiger partial charge in [0.25, 0.3) is 0 Å². The van der Waals surface area contributed by atoms with Gasteiger partial charge in [-0.2, -0.15) is 0 Å². The molecule has 2 aliphatic heterocycles. The van der Waals surface area contributed by atoms with Gasteiger partial charge in [-0.05, 0) is 65.6 Å². The van der Waals surface area contributed by atoms with Crippen molar-refractivity contribution in [3.05, 3.63) is 51.5 Å². The van der Waals surface area contributed by atoms with Gasteiger partial charge in [0.15, 0.2) is 0 Å². The summed E-state index contributed by atoms with van der Waals surface area (Å²) in [5.41, 5.74) is 1.10. The Morgan fingerprint density at radius 2 is 1.14 bits per heavy atom. The Balaban J connectivity index is 1.27. The smallest absolute Gasteiger partial charge is 0.230 e. The van der Waals surface area contributed by atoms with Gasteiger partial charge in [0.2, 0.25) is 23.1 Å². The number of nitrogens with zero attached hydrogens (tertiary/aromatic N) is 5. The number of carbonyl (C=O) groups is 4. The molecule has 2 atom stereocenters. The SMILES string of the molecule is Cc1nc2c(s1)C(=O)C(Br)=C(N1CCC1N(C)C1CCN1C1=C(Br)C(=O)c3sc(C)nc3C1=O)C2=O. The highest BCUT2D eigenvalue weighted by atomic mass is 79.9. The predicted molar refractivity (Wildman–Crippen MR) is 141 cm³/mol. The molecule has 13 heteroatoms. The summed E-state index contributed by atoms with van der Waals surface area (Å²) in [6.45, 7) is 4.80. The van der Waals surface area contributed by atoms with Crippen molar-refractivity contribution in [3.8, 4) is 0 Å². The van der Waals surface area contributed by atoms with E-state index in [0.717, 1.165) is 12.8 Å². The quantitative estimate of drug-likeness (QED) is 0.487. The Bertz CT molecular complexity index is 1370. The van der Waals surface area contributed by atoms with Gasteiger partial charge < -0.3 is 9.80 Å². The van der Waals surface area contributed by atoms with Crippen LogP contribution in [0.2, 0.25) is 0 Å². The standard InChI is InChI=1S/C23H19Br2N5O4S2/c1-8-26-14-20(33)16(12(24)18(31)22(14)35-8)29-6-4-10(29)28(3)11-5-7-30(11)17-13(25)19(32)23-15(21(17)34)27-9(2)36-23/h10-11H,4-7H2,1-3H3. The molecule has 2 aromatic heterocycles. The highest BCUT2D eigenvalue weighted by Crippen LogP contribution is 2.42. The van der Waals surface area contributed by atoms with Crippen molar-refractivity contribution in [1.29, 1.82) is 0 Å². The number of aryl methyl sites for hydroxylation is 2. The van der Waals surface area contributed by atoms with Crippen LogP contribution in [0.15, 0.2) is 20.4 Å². The summed E-state index contributed by atoms with van der Waals surface area (Å²) in [6, 6.07) is 0. The lowest BCUT2D eigenvalue weighted by atomic mass is 9.96. The second-order valence-electron chi connectivity index (χ2n) is 9.05. The van der Waals surface area contributed by atoms with Gasteiger partial charge in [-0.15, -0.1) is 22.7 Å². The number of rotatable bonds is 4. The van der Waals surface area contributed by atoms with Crippen molar-refractivity contribution in [1.82, 2.24) is 24.7 Å². The summed E-state index contributed by atoms with van der Waals surface area (Å²) in [6.07, 6.45) is 1.28. The zero-order valence-electron chi connectivity index (χ0n) is 19.4. The highest BCUT2D eigenvalue weighted by Gasteiger charge is 2.48. The molecule has 0 saturated carbocycles. The maximum Gasteiger partial charge on any atom is 0.230 e.